The highest BCUT2D eigenvalue weighted by molar-refractivity contribution is 6.25. The predicted octanol–water partition coefficient (Wildman–Crippen LogP) is 13.0. The Balaban J connectivity index is 1.08. The van der Waals surface area contributed by atoms with Crippen molar-refractivity contribution in [1.29, 1.82) is 0 Å². The molecule has 0 aliphatic carbocycles. The van der Waals surface area contributed by atoms with Crippen molar-refractivity contribution in [3.63, 3.8) is 0 Å². The van der Waals surface area contributed by atoms with Gasteiger partial charge in [0.2, 0.25) is 0 Å². The Morgan fingerprint density at radius 1 is 0.364 bits per heavy atom. The summed E-state index contributed by atoms with van der Waals surface area (Å²) in [4.78, 5) is 12.8. The first kappa shape index (κ1) is 32.5. The Labute approximate surface area is 321 Å². The maximum atomic E-state index is 5.37. The molecule has 9 aromatic rings. The molecule has 0 saturated heterocycles. The summed E-state index contributed by atoms with van der Waals surface area (Å²) in [6.45, 7) is 0. The van der Waals surface area contributed by atoms with Gasteiger partial charge in [-0.1, -0.05) is 182 Å². The lowest BCUT2D eigenvalue weighted by atomic mass is 9.89. The second-order valence-corrected chi connectivity index (χ2v) is 14.2. The summed E-state index contributed by atoms with van der Waals surface area (Å²) >= 11 is 0. The van der Waals surface area contributed by atoms with E-state index in [1.165, 1.54) is 54.6 Å². The lowest BCUT2D eigenvalue weighted by Crippen LogP contribution is -2.35. The Morgan fingerprint density at radius 3 is 1.53 bits per heavy atom. The van der Waals surface area contributed by atoms with Gasteiger partial charge in [0.1, 0.15) is 5.84 Å². The molecule has 0 saturated carbocycles. The van der Waals surface area contributed by atoms with E-state index in [9.17, 15) is 0 Å². The van der Waals surface area contributed by atoms with Crippen molar-refractivity contribution in [1.82, 2.24) is 4.90 Å². The van der Waals surface area contributed by atoms with Crippen LogP contribution in [0.15, 0.2) is 210 Å². The molecule has 1 heterocycles. The maximum absolute atomic E-state index is 5.37. The normalized spacial score (nSPS) is 14.3. The molecule has 260 valence electrons. The summed E-state index contributed by atoms with van der Waals surface area (Å²) in [6.07, 6.45) is -0.282. The quantitative estimate of drug-likeness (QED) is 0.158. The van der Waals surface area contributed by atoms with Crippen LogP contribution in [0.1, 0.15) is 22.9 Å². The number of amidine groups is 2. The van der Waals surface area contributed by atoms with Gasteiger partial charge in [-0.05, 0) is 89.5 Å². The number of fused-ring (bicyclic) bond motifs is 6. The minimum atomic E-state index is -0.282. The Kier molecular flexibility index (Phi) is 8.11. The SMILES string of the molecule is CN1C(c2ccccc2)=NC(c2cccc(-c3ccccc3)c2)=NC1c1cccc(-c2ccccc2-c2ccc3c4ccccc4c4ccccc4c3c2)c1. The van der Waals surface area contributed by atoms with Crippen LogP contribution in [0.3, 0.4) is 0 Å². The van der Waals surface area contributed by atoms with Gasteiger partial charge >= 0.3 is 0 Å². The molecule has 9 aromatic carbocycles. The molecule has 55 heavy (non-hydrogen) atoms. The van der Waals surface area contributed by atoms with E-state index >= 15 is 0 Å². The summed E-state index contributed by atoms with van der Waals surface area (Å²) in [5.41, 5.74) is 10.2. The zero-order valence-electron chi connectivity index (χ0n) is 30.5. The number of benzene rings is 9. The number of nitrogens with zero attached hydrogens (tertiary/aromatic N) is 3. The van der Waals surface area contributed by atoms with Crippen LogP contribution in [-0.4, -0.2) is 23.6 Å². The van der Waals surface area contributed by atoms with Crippen molar-refractivity contribution in [2.24, 2.45) is 9.98 Å². The third-order valence-electron chi connectivity index (χ3n) is 10.9. The molecule has 0 fully saturated rings. The first-order valence-electron chi connectivity index (χ1n) is 18.8. The van der Waals surface area contributed by atoms with Crippen molar-refractivity contribution in [3.8, 4) is 33.4 Å². The molecule has 0 radical (unpaired) electrons. The van der Waals surface area contributed by atoms with Gasteiger partial charge in [0.15, 0.2) is 12.0 Å². The molecule has 1 unspecified atom stereocenters. The van der Waals surface area contributed by atoms with Gasteiger partial charge in [-0.3, -0.25) is 0 Å². The van der Waals surface area contributed by atoms with E-state index < -0.39 is 0 Å². The second kappa shape index (κ2) is 13.7. The van der Waals surface area contributed by atoms with Crippen molar-refractivity contribution in [3.05, 3.63) is 217 Å². The summed E-state index contributed by atoms with van der Waals surface area (Å²) in [5, 5.41) is 7.67. The fourth-order valence-corrected chi connectivity index (χ4v) is 8.22. The average Bonchev–Trinajstić information content (AvgIpc) is 3.27. The van der Waals surface area contributed by atoms with Gasteiger partial charge in [0, 0.05) is 18.2 Å². The van der Waals surface area contributed by atoms with Crippen molar-refractivity contribution >= 4 is 44.0 Å². The van der Waals surface area contributed by atoms with Crippen LogP contribution < -0.4 is 0 Å². The molecule has 3 heteroatoms. The molecule has 0 N–H and O–H groups in total. The van der Waals surface area contributed by atoms with Crippen molar-refractivity contribution in [2.75, 3.05) is 7.05 Å². The van der Waals surface area contributed by atoms with Gasteiger partial charge < -0.3 is 4.90 Å². The molecular formula is C52H37N3. The summed E-state index contributed by atoms with van der Waals surface area (Å²) in [6, 6.07) is 71.6. The molecule has 0 spiro atoms. The predicted molar refractivity (Wildman–Crippen MR) is 232 cm³/mol. The van der Waals surface area contributed by atoms with E-state index in [1.807, 2.05) is 12.1 Å². The number of hydrogen-bond donors (Lipinski definition) is 0. The molecule has 1 atom stereocenters. The van der Waals surface area contributed by atoms with Gasteiger partial charge in [-0.2, -0.15) is 0 Å². The maximum Gasteiger partial charge on any atom is 0.159 e. The van der Waals surface area contributed by atoms with Gasteiger partial charge in [-0.15, -0.1) is 0 Å². The topological polar surface area (TPSA) is 28.0 Å². The number of aliphatic imine (C=N–C) groups is 2. The summed E-state index contributed by atoms with van der Waals surface area (Å²) in [5.74, 6) is 1.61. The molecular weight excluding hydrogens is 667 g/mol. The number of hydrogen-bond acceptors (Lipinski definition) is 3. The molecule has 10 rings (SSSR count). The van der Waals surface area contributed by atoms with Crippen LogP contribution in [0.5, 0.6) is 0 Å². The molecule has 1 aliphatic heterocycles. The Bertz CT molecular complexity index is 2910. The summed E-state index contributed by atoms with van der Waals surface area (Å²) < 4.78 is 0. The van der Waals surface area contributed by atoms with Crippen LogP contribution in [0.25, 0.3) is 65.7 Å². The first-order valence-corrected chi connectivity index (χ1v) is 18.8. The highest BCUT2D eigenvalue weighted by atomic mass is 15.3. The Hall–Kier alpha value is -7.10. The molecule has 1 aliphatic rings. The van der Waals surface area contributed by atoms with E-state index in [4.69, 9.17) is 9.98 Å². The van der Waals surface area contributed by atoms with Crippen LogP contribution in [0, 0.1) is 0 Å². The van der Waals surface area contributed by atoms with Crippen molar-refractivity contribution in [2.45, 2.75) is 6.17 Å². The van der Waals surface area contributed by atoms with Gasteiger partial charge in [0.05, 0.1) is 0 Å². The second-order valence-electron chi connectivity index (χ2n) is 14.2. The zero-order chi connectivity index (χ0) is 36.7. The van der Waals surface area contributed by atoms with Crippen molar-refractivity contribution < 1.29 is 0 Å². The largest absolute Gasteiger partial charge is 0.333 e. The van der Waals surface area contributed by atoms with Gasteiger partial charge in [-0.25, -0.2) is 9.98 Å². The zero-order valence-corrected chi connectivity index (χ0v) is 30.5. The molecule has 3 nitrogen and oxygen atoms in total. The molecule has 0 bridgehead atoms. The molecule has 0 aromatic heterocycles. The highest BCUT2D eigenvalue weighted by Gasteiger charge is 2.27. The fourth-order valence-electron chi connectivity index (χ4n) is 8.22. The van der Waals surface area contributed by atoms with Crippen LogP contribution in [0.4, 0.5) is 0 Å². The monoisotopic (exact) mass is 703 g/mol. The summed E-state index contributed by atoms with van der Waals surface area (Å²) in [7, 11) is 2.10. The lowest BCUT2D eigenvalue weighted by Gasteiger charge is -2.32. The first-order chi connectivity index (χ1) is 27.2. The van der Waals surface area contributed by atoms with Crippen LogP contribution in [-0.2, 0) is 0 Å². The van der Waals surface area contributed by atoms with E-state index in [-0.39, 0.29) is 6.17 Å². The molecule has 0 amide bonds. The van der Waals surface area contributed by atoms with E-state index in [0.717, 1.165) is 39.5 Å². The fraction of sp³-hybridized carbons (Fsp3) is 0.0385. The van der Waals surface area contributed by atoms with E-state index in [0.29, 0.717) is 0 Å². The average molecular weight is 704 g/mol. The lowest BCUT2D eigenvalue weighted by molar-refractivity contribution is 0.383. The number of rotatable bonds is 6. The van der Waals surface area contributed by atoms with E-state index in [1.54, 1.807) is 0 Å². The third-order valence-corrected chi connectivity index (χ3v) is 10.9. The third kappa shape index (κ3) is 5.87. The van der Waals surface area contributed by atoms with E-state index in [2.05, 4.69) is 200 Å². The smallest absolute Gasteiger partial charge is 0.159 e. The standard InChI is InChI=1S/C52H37N3/c1-55-51(36-18-6-3-7-19-36)53-50(40-22-14-20-37(32-40)35-16-4-2-5-17-35)54-52(55)41-23-15-21-38(33-41)42-24-8-9-25-43(42)39-30-31-48-46-28-11-10-26-44(46)45-27-12-13-29-47(45)49(48)34-39/h2-34,52H,1H3. The van der Waals surface area contributed by atoms with Crippen LogP contribution in [0.2, 0.25) is 0 Å². The highest BCUT2D eigenvalue weighted by Crippen LogP contribution is 2.40. The van der Waals surface area contributed by atoms with Crippen LogP contribution >= 0.6 is 0 Å². The minimum Gasteiger partial charge on any atom is -0.333 e. The Morgan fingerprint density at radius 2 is 0.855 bits per heavy atom. The minimum absolute atomic E-state index is 0.282. The van der Waals surface area contributed by atoms with Gasteiger partial charge in [0.25, 0.3) is 0 Å².